The van der Waals surface area contributed by atoms with E-state index < -0.39 is 15.8 Å². The Kier molecular flexibility index (Phi) is 5.82. The van der Waals surface area contributed by atoms with Crippen LogP contribution in [0.15, 0.2) is 24.3 Å². The third kappa shape index (κ3) is 5.74. The number of sulfone groups is 1. The summed E-state index contributed by atoms with van der Waals surface area (Å²) in [5.74, 6) is -0.429. The molecule has 0 aromatic heterocycles. The fraction of sp³-hybridized carbons (Fsp3) is 0.462. The molecule has 1 aromatic rings. The van der Waals surface area contributed by atoms with Gasteiger partial charge >= 0.3 is 5.97 Å². The van der Waals surface area contributed by atoms with Gasteiger partial charge < -0.3 is 9.84 Å². The molecular formula is C13H18O5S. The first-order valence-electron chi connectivity index (χ1n) is 6.07. The van der Waals surface area contributed by atoms with Crippen LogP contribution in [-0.2, 0) is 21.1 Å². The summed E-state index contributed by atoms with van der Waals surface area (Å²) in [5.41, 5.74) is 0.544. The van der Waals surface area contributed by atoms with Gasteiger partial charge in [0.25, 0.3) is 0 Å². The van der Waals surface area contributed by atoms with Gasteiger partial charge in [-0.25, -0.2) is 8.42 Å². The van der Waals surface area contributed by atoms with Crippen molar-refractivity contribution in [2.75, 3.05) is 18.1 Å². The molecular weight excluding hydrogens is 268 g/mol. The monoisotopic (exact) mass is 286 g/mol. The summed E-state index contributed by atoms with van der Waals surface area (Å²) >= 11 is 0. The highest BCUT2D eigenvalue weighted by atomic mass is 32.2. The highest BCUT2D eigenvalue weighted by molar-refractivity contribution is 7.91. The minimum Gasteiger partial charge on any atom is -0.492 e. The third-order valence-electron chi connectivity index (χ3n) is 2.48. The van der Waals surface area contributed by atoms with Crippen LogP contribution in [0, 0.1) is 0 Å². The van der Waals surface area contributed by atoms with Gasteiger partial charge in [-0.05, 0) is 12.5 Å². The van der Waals surface area contributed by atoms with Crippen LogP contribution in [0.5, 0.6) is 5.75 Å². The van der Waals surface area contributed by atoms with Crippen molar-refractivity contribution in [1.82, 2.24) is 0 Å². The van der Waals surface area contributed by atoms with Gasteiger partial charge in [-0.15, -0.1) is 0 Å². The molecule has 0 saturated carbocycles. The molecule has 0 unspecified atom stereocenters. The van der Waals surface area contributed by atoms with E-state index in [1.54, 1.807) is 31.2 Å². The molecule has 0 radical (unpaired) electrons. The Morgan fingerprint density at radius 1 is 1.26 bits per heavy atom. The number of benzene rings is 1. The van der Waals surface area contributed by atoms with Crippen molar-refractivity contribution in [3.63, 3.8) is 0 Å². The fourth-order valence-electron chi connectivity index (χ4n) is 1.65. The second-order valence-electron chi connectivity index (χ2n) is 4.18. The van der Waals surface area contributed by atoms with Crippen LogP contribution < -0.4 is 4.74 Å². The Bertz CT molecular complexity index is 522. The molecule has 5 nitrogen and oxygen atoms in total. The van der Waals surface area contributed by atoms with Crippen molar-refractivity contribution in [2.45, 2.75) is 19.8 Å². The summed E-state index contributed by atoms with van der Waals surface area (Å²) in [4.78, 5) is 10.7. The number of aliphatic carboxylic acids is 1. The second kappa shape index (κ2) is 7.13. The largest absolute Gasteiger partial charge is 0.492 e. The molecule has 19 heavy (non-hydrogen) atoms. The lowest BCUT2D eigenvalue weighted by Crippen LogP contribution is -2.17. The number of carbonyl (C=O) groups is 1. The average molecular weight is 286 g/mol. The Morgan fingerprint density at radius 3 is 2.58 bits per heavy atom. The Balaban J connectivity index is 2.60. The van der Waals surface area contributed by atoms with E-state index in [1.165, 1.54) is 0 Å². The van der Waals surface area contributed by atoms with E-state index in [0.717, 1.165) is 0 Å². The van der Waals surface area contributed by atoms with E-state index in [9.17, 15) is 13.2 Å². The lowest BCUT2D eigenvalue weighted by molar-refractivity contribution is -0.136. The van der Waals surface area contributed by atoms with Crippen molar-refractivity contribution in [2.24, 2.45) is 0 Å². The van der Waals surface area contributed by atoms with Crippen molar-refractivity contribution in [1.29, 1.82) is 0 Å². The van der Waals surface area contributed by atoms with Crippen molar-refractivity contribution in [3.8, 4) is 5.75 Å². The first-order chi connectivity index (χ1) is 8.94. The SMILES string of the molecule is CCCS(=O)(=O)CCOc1ccccc1CC(=O)O. The zero-order valence-electron chi connectivity index (χ0n) is 10.8. The summed E-state index contributed by atoms with van der Waals surface area (Å²) in [6.45, 7) is 1.85. The summed E-state index contributed by atoms with van der Waals surface area (Å²) < 4.78 is 28.4. The van der Waals surface area contributed by atoms with Gasteiger partial charge in [0.05, 0.1) is 17.9 Å². The van der Waals surface area contributed by atoms with Crippen LogP contribution >= 0.6 is 0 Å². The molecule has 0 atom stereocenters. The van der Waals surface area contributed by atoms with E-state index in [0.29, 0.717) is 17.7 Å². The quantitative estimate of drug-likeness (QED) is 0.783. The van der Waals surface area contributed by atoms with E-state index in [4.69, 9.17) is 9.84 Å². The van der Waals surface area contributed by atoms with Crippen molar-refractivity contribution >= 4 is 15.8 Å². The number of hydrogen-bond acceptors (Lipinski definition) is 4. The standard InChI is InChI=1S/C13H18O5S/c1-2-8-19(16,17)9-7-18-12-6-4-3-5-11(12)10-13(14)15/h3-6H,2,7-10H2,1H3,(H,14,15). The zero-order valence-corrected chi connectivity index (χ0v) is 11.6. The molecule has 0 saturated heterocycles. The molecule has 0 aliphatic carbocycles. The molecule has 0 fully saturated rings. The minimum absolute atomic E-state index is 0.0406. The number of hydrogen-bond donors (Lipinski definition) is 1. The molecule has 1 aromatic carbocycles. The highest BCUT2D eigenvalue weighted by Crippen LogP contribution is 2.18. The molecule has 0 bridgehead atoms. The Labute approximate surface area is 113 Å². The van der Waals surface area contributed by atoms with E-state index in [1.807, 2.05) is 0 Å². The van der Waals surface area contributed by atoms with Crippen molar-refractivity contribution < 1.29 is 23.1 Å². The number of para-hydroxylation sites is 1. The first kappa shape index (κ1) is 15.5. The van der Waals surface area contributed by atoms with Crippen LogP contribution in [0.25, 0.3) is 0 Å². The first-order valence-corrected chi connectivity index (χ1v) is 7.89. The Morgan fingerprint density at radius 2 is 1.95 bits per heavy atom. The average Bonchev–Trinajstić information content (AvgIpc) is 2.30. The molecule has 0 aliphatic heterocycles. The van der Waals surface area contributed by atoms with Crippen LogP contribution in [0.4, 0.5) is 0 Å². The van der Waals surface area contributed by atoms with Crippen LogP contribution in [-0.4, -0.2) is 37.6 Å². The van der Waals surface area contributed by atoms with Crippen LogP contribution in [0.2, 0.25) is 0 Å². The topological polar surface area (TPSA) is 80.7 Å². The maximum Gasteiger partial charge on any atom is 0.307 e. The van der Waals surface area contributed by atoms with Crippen LogP contribution in [0.1, 0.15) is 18.9 Å². The molecule has 1 N–H and O–H groups in total. The van der Waals surface area contributed by atoms with E-state index in [2.05, 4.69) is 0 Å². The zero-order chi connectivity index (χ0) is 14.3. The summed E-state index contributed by atoms with van der Waals surface area (Å²) in [6.07, 6.45) is 0.440. The molecule has 1 rings (SSSR count). The highest BCUT2D eigenvalue weighted by Gasteiger charge is 2.11. The maximum absolute atomic E-state index is 11.5. The van der Waals surface area contributed by atoms with E-state index in [-0.39, 0.29) is 24.5 Å². The van der Waals surface area contributed by atoms with Gasteiger partial charge in [-0.2, -0.15) is 0 Å². The fourth-order valence-corrected chi connectivity index (χ4v) is 2.81. The summed E-state index contributed by atoms with van der Waals surface area (Å²) in [5, 5.41) is 8.76. The molecule has 0 aliphatic rings. The Hall–Kier alpha value is -1.56. The van der Waals surface area contributed by atoms with E-state index >= 15 is 0 Å². The predicted molar refractivity (Wildman–Crippen MR) is 72.2 cm³/mol. The van der Waals surface area contributed by atoms with Gasteiger partial charge in [0.15, 0.2) is 9.84 Å². The predicted octanol–water partition coefficient (Wildman–Crippen LogP) is 1.52. The second-order valence-corrected chi connectivity index (χ2v) is 6.48. The third-order valence-corrected chi connectivity index (χ3v) is 4.30. The molecule has 106 valence electrons. The van der Waals surface area contributed by atoms with Gasteiger partial charge in [0, 0.05) is 5.56 Å². The molecule has 0 spiro atoms. The number of carboxylic acid groups (broad SMARTS) is 1. The summed E-state index contributed by atoms with van der Waals surface area (Å²) in [6, 6.07) is 6.74. The van der Waals surface area contributed by atoms with Crippen molar-refractivity contribution in [3.05, 3.63) is 29.8 Å². The summed E-state index contributed by atoms with van der Waals surface area (Å²) in [7, 11) is -3.08. The van der Waals surface area contributed by atoms with Gasteiger partial charge in [0.1, 0.15) is 12.4 Å². The lowest BCUT2D eigenvalue weighted by atomic mass is 10.1. The smallest absolute Gasteiger partial charge is 0.307 e. The molecule has 0 amide bonds. The number of ether oxygens (including phenoxy) is 1. The van der Waals surface area contributed by atoms with Gasteiger partial charge in [-0.3, -0.25) is 4.79 Å². The van der Waals surface area contributed by atoms with Gasteiger partial charge in [0.2, 0.25) is 0 Å². The lowest BCUT2D eigenvalue weighted by Gasteiger charge is -2.10. The minimum atomic E-state index is -3.08. The van der Waals surface area contributed by atoms with Crippen LogP contribution in [0.3, 0.4) is 0 Å². The van der Waals surface area contributed by atoms with Gasteiger partial charge in [-0.1, -0.05) is 25.1 Å². The normalized spacial score (nSPS) is 11.2. The maximum atomic E-state index is 11.5. The molecule has 6 heteroatoms. The molecule has 0 heterocycles. The number of rotatable bonds is 8. The number of carboxylic acids is 1.